The molecule has 2 aliphatic rings. The standard InChI is InChI=1S/C51H34N4O2/c1-3-14-31(15-4-1)49-52-50(32-16-5-2-6-17-32)54-51(53-49)33-28-29-44-40(30-33)38-22-11-20-36(47(38)56-44)37-21-12-23-39-46-43(26-13-27-45(46)57-48(37)39)55-41-24-9-7-18-34(41)35-19-8-10-25-42(35)55/h1-16,18-30,32,51H,17H2,(H,52,53,54). The molecule has 1 N–H and O–H groups in total. The minimum atomic E-state index is -0.308. The van der Waals surface area contributed by atoms with Crippen molar-refractivity contribution in [3.63, 3.8) is 0 Å². The predicted molar refractivity (Wildman–Crippen MR) is 233 cm³/mol. The molecule has 10 aromatic rings. The molecular weight excluding hydrogens is 701 g/mol. The second-order valence-electron chi connectivity index (χ2n) is 14.9. The lowest BCUT2D eigenvalue weighted by atomic mass is 9.97. The Morgan fingerprint density at radius 2 is 1.26 bits per heavy atom. The number of benzene rings is 7. The normalized spacial score (nSPS) is 16.9. The summed E-state index contributed by atoms with van der Waals surface area (Å²) in [5.74, 6) is 1.82. The van der Waals surface area contributed by atoms with Gasteiger partial charge in [-0.1, -0.05) is 140 Å². The minimum Gasteiger partial charge on any atom is -0.455 e. The number of aromatic nitrogens is 1. The van der Waals surface area contributed by atoms with Crippen LogP contribution in [0.2, 0.25) is 0 Å². The molecule has 12 rings (SSSR count). The van der Waals surface area contributed by atoms with Crippen molar-refractivity contribution in [1.82, 2.24) is 9.88 Å². The smallest absolute Gasteiger partial charge is 0.159 e. The number of hydrogen-bond donors (Lipinski definition) is 1. The Morgan fingerprint density at radius 1 is 0.579 bits per heavy atom. The SMILES string of the molecule is C1=CCC(C2=NC(c3ccccc3)=NC(c3ccc4oc5c(-c6cccc7c6oc6cccc(-n8c9ccccc9c9ccccc98)c67)cccc5c4c3)N2)C=C1. The van der Waals surface area contributed by atoms with E-state index < -0.39 is 0 Å². The Balaban J connectivity index is 0.995. The Bertz CT molecular complexity index is 3320. The summed E-state index contributed by atoms with van der Waals surface area (Å²) in [6.45, 7) is 0. The molecule has 270 valence electrons. The van der Waals surface area contributed by atoms with Crippen LogP contribution in [0, 0.1) is 5.92 Å². The molecule has 1 aliphatic heterocycles. The van der Waals surface area contributed by atoms with E-state index in [2.05, 4.69) is 168 Å². The zero-order valence-corrected chi connectivity index (χ0v) is 30.8. The molecule has 0 saturated heterocycles. The molecule has 6 nitrogen and oxygen atoms in total. The number of amidine groups is 2. The molecule has 4 heterocycles. The van der Waals surface area contributed by atoms with E-state index in [1.807, 2.05) is 18.2 Å². The largest absolute Gasteiger partial charge is 0.455 e. The Morgan fingerprint density at radius 3 is 2.04 bits per heavy atom. The lowest BCUT2D eigenvalue weighted by Gasteiger charge is -2.27. The van der Waals surface area contributed by atoms with Crippen molar-refractivity contribution in [2.45, 2.75) is 12.6 Å². The van der Waals surface area contributed by atoms with Crippen molar-refractivity contribution >= 4 is 77.4 Å². The first kappa shape index (κ1) is 31.9. The molecule has 2 atom stereocenters. The summed E-state index contributed by atoms with van der Waals surface area (Å²) in [5, 5.41) is 10.4. The van der Waals surface area contributed by atoms with Gasteiger partial charge in [0.25, 0.3) is 0 Å². The summed E-state index contributed by atoms with van der Waals surface area (Å²) in [5.41, 5.74) is 10.8. The quantitative estimate of drug-likeness (QED) is 0.191. The van der Waals surface area contributed by atoms with Crippen LogP contribution in [0.4, 0.5) is 0 Å². The van der Waals surface area contributed by atoms with Crippen LogP contribution >= 0.6 is 0 Å². The molecule has 57 heavy (non-hydrogen) atoms. The van der Waals surface area contributed by atoms with Crippen LogP contribution in [0.1, 0.15) is 23.7 Å². The van der Waals surface area contributed by atoms with Gasteiger partial charge in [0.2, 0.25) is 0 Å². The predicted octanol–water partition coefficient (Wildman–Crippen LogP) is 12.8. The number of aliphatic imine (C=N–C) groups is 2. The molecule has 0 fully saturated rings. The first-order valence-electron chi connectivity index (χ1n) is 19.5. The highest BCUT2D eigenvalue weighted by molar-refractivity contribution is 6.18. The summed E-state index contributed by atoms with van der Waals surface area (Å²) in [6.07, 6.45) is 9.17. The highest BCUT2D eigenvalue weighted by atomic mass is 16.3. The number of allylic oxidation sites excluding steroid dienone is 3. The molecule has 0 spiro atoms. The fourth-order valence-electron chi connectivity index (χ4n) is 8.94. The van der Waals surface area contributed by atoms with Crippen LogP contribution in [-0.4, -0.2) is 16.2 Å². The molecule has 7 aromatic carbocycles. The van der Waals surface area contributed by atoms with Gasteiger partial charge in [-0.3, -0.25) is 0 Å². The number of para-hydroxylation sites is 4. The number of fused-ring (bicyclic) bond motifs is 9. The highest BCUT2D eigenvalue weighted by Gasteiger charge is 2.26. The third-order valence-electron chi connectivity index (χ3n) is 11.6. The monoisotopic (exact) mass is 734 g/mol. The molecule has 0 saturated carbocycles. The van der Waals surface area contributed by atoms with Gasteiger partial charge in [-0.2, -0.15) is 0 Å². The van der Waals surface area contributed by atoms with Crippen LogP contribution in [0.5, 0.6) is 0 Å². The van der Waals surface area contributed by atoms with Gasteiger partial charge in [-0.05, 0) is 48.4 Å². The van der Waals surface area contributed by atoms with Crippen molar-refractivity contribution in [1.29, 1.82) is 0 Å². The summed E-state index contributed by atoms with van der Waals surface area (Å²) in [4.78, 5) is 10.2. The van der Waals surface area contributed by atoms with E-state index in [0.717, 1.165) is 89.9 Å². The van der Waals surface area contributed by atoms with Gasteiger partial charge in [-0.15, -0.1) is 0 Å². The second kappa shape index (κ2) is 12.5. The molecule has 1 aliphatic carbocycles. The van der Waals surface area contributed by atoms with Gasteiger partial charge < -0.3 is 18.7 Å². The third-order valence-corrected chi connectivity index (χ3v) is 11.6. The number of nitrogens with one attached hydrogen (secondary N) is 1. The van der Waals surface area contributed by atoms with E-state index in [9.17, 15) is 0 Å². The van der Waals surface area contributed by atoms with Crippen molar-refractivity contribution in [3.8, 4) is 16.8 Å². The molecular formula is C51H34N4O2. The Kier molecular flexibility index (Phi) is 7.01. The van der Waals surface area contributed by atoms with E-state index in [-0.39, 0.29) is 12.1 Å². The average molecular weight is 735 g/mol. The van der Waals surface area contributed by atoms with Crippen LogP contribution < -0.4 is 5.32 Å². The number of nitrogens with zero attached hydrogens (tertiary/aromatic N) is 3. The molecule has 3 aromatic heterocycles. The van der Waals surface area contributed by atoms with Gasteiger partial charge in [-0.25, -0.2) is 9.98 Å². The van der Waals surface area contributed by atoms with Crippen LogP contribution in [0.15, 0.2) is 195 Å². The third kappa shape index (κ3) is 4.97. The maximum atomic E-state index is 6.83. The van der Waals surface area contributed by atoms with Crippen molar-refractivity contribution in [3.05, 3.63) is 187 Å². The number of furan rings is 2. The number of rotatable bonds is 5. The Labute approximate surface area is 327 Å². The Hall–Kier alpha value is -7.44. The first-order valence-corrected chi connectivity index (χ1v) is 19.5. The van der Waals surface area contributed by atoms with Crippen molar-refractivity contribution in [2.24, 2.45) is 15.9 Å². The molecule has 2 unspecified atom stereocenters. The van der Waals surface area contributed by atoms with Crippen LogP contribution in [0.3, 0.4) is 0 Å². The summed E-state index contributed by atoms with van der Waals surface area (Å²) >= 11 is 0. The number of hydrogen-bond acceptors (Lipinski definition) is 5. The lowest BCUT2D eigenvalue weighted by molar-refractivity contribution is 0.641. The van der Waals surface area contributed by atoms with E-state index in [0.29, 0.717) is 0 Å². The maximum absolute atomic E-state index is 6.83. The molecule has 6 heteroatoms. The van der Waals surface area contributed by atoms with Gasteiger partial charge in [0.1, 0.15) is 34.3 Å². The molecule has 0 radical (unpaired) electrons. The lowest BCUT2D eigenvalue weighted by Crippen LogP contribution is -2.37. The van der Waals surface area contributed by atoms with Gasteiger partial charge >= 0.3 is 0 Å². The van der Waals surface area contributed by atoms with Crippen LogP contribution in [-0.2, 0) is 0 Å². The van der Waals surface area contributed by atoms with E-state index >= 15 is 0 Å². The van der Waals surface area contributed by atoms with Crippen molar-refractivity contribution in [2.75, 3.05) is 0 Å². The first-order chi connectivity index (χ1) is 28.3. The highest BCUT2D eigenvalue weighted by Crippen LogP contribution is 2.44. The second-order valence-corrected chi connectivity index (χ2v) is 14.9. The summed E-state index contributed by atoms with van der Waals surface area (Å²) < 4.78 is 16.0. The zero-order chi connectivity index (χ0) is 37.5. The van der Waals surface area contributed by atoms with E-state index in [1.54, 1.807) is 0 Å². The van der Waals surface area contributed by atoms with Gasteiger partial charge in [0.05, 0.1) is 22.1 Å². The summed E-state index contributed by atoms with van der Waals surface area (Å²) in [7, 11) is 0. The molecule has 0 amide bonds. The summed E-state index contributed by atoms with van der Waals surface area (Å²) in [6, 6.07) is 53.1. The fraction of sp³-hybridized carbons (Fsp3) is 0.0588. The fourth-order valence-corrected chi connectivity index (χ4v) is 8.94. The van der Waals surface area contributed by atoms with E-state index in [1.165, 1.54) is 21.8 Å². The van der Waals surface area contributed by atoms with Gasteiger partial charge in [0, 0.05) is 49.5 Å². The van der Waals surface area contributed by atoms with E-state index in [4.69, 9.17) is 18.8 Å². The molecule has 0 bridgehead atoms. The maximum Gasteiger partial charge on any atom is 0.159 e. The van der Waals surface area contributed by atoms with Crippen molar-refractivity contribution < 1.29 is 8.83 Å². The average Bonchev–Trinajstić information content (AvgIpc) is 3.96. The topological polar surface area (TPSA) is 68.0 Å². The van der Waals surface area contributed by atoms with Gasteiger partial charge in [0.15, 0.2) is 5.84 Å². The van der Waals surface area contributed by atoms with Crippen LogP contribution in [0.25, 0.3) is 82.5 Å². The zero-order valence-electron chi connectivity index (χ0n) is 30.8. The minimum absolute atomic E-state index is 0.159.